The van der Waals surface area contributed by atoms with Crippen molar-refractivity contribution in [3.05, 3.63) is 201 Å². The predicted octanol–water partition coefficient (Wildman–Crippen LogP) is 15.7. The van der Waals surface area contributed by atoms with E-state index in [4.69, 9.17) is 0 Å². The molecule has 2 aliphatic rings. The Morgan fingerprint density at radius 3 is 1.02 bits per heavy atom. The van der Waals surface area contributed by atoms with Crippen LogP contribution in [0.2, 0.25) is 0 Å². The van der Waals surface area contributed by atoms with Gasteiger partial charge < -0.3 is 0 Å². The van der Waals surface area contributed by atoms with Crippen LogP contribution in [-0.4, -0.2) is 20.7 Å². The summed E-state index contributed by atoms with van der Waals surface area (Å²) in [5.74, 6) is 2.86. The van der Waals surface area contributed by atoms with E-state index in [9.17, 15) is 10.2 Å². The van der Waals surface area contributed by atoms with Crippen molar-refractivity contribution in [3.8, 4) is 11.5 Å². The van der Waals surface area contributed by atoms with Crippen LogP contribution in [0.5, 0.6) is 11.5 Å². The van der Waals surface area contributed by atoms with E-state index in [-0.39, 0.29) is 26.8 Å². The van der Waals surface area contributed by atoms with E-state index in [1.165, 1.54) is 71.9 Å². The summed E-state index contributed by atoms with van der Waals surface area (Å²) in [6.45, 7) is 18.5. The Labute approximate surface area is 389 Å². The zero-order chi connectivity index (χ0) is 44.6. The molecule has 1 aliphatic carbocycles. The molecule has 1 aliphatic heterocycles. The molecule has 2 nitrogen and oxygen atoms in total. The number of rotatable bonds is 10. The first-order valence-electron chi connectivity index (χ1n) is 23.2. The Bertz CT molecular complexity index is 2360. The van der Waals surface area contributed by atoms with E-state index in [1.807, 2.05) is 0 Å². The van der Waals surface area contributed by atoms with Gasteiger partial charge in [0, 0.05) is 0 Å². The van der Waals surface area contributed by atoms with Crippen molar-refractivity contribution in [2.75, 3.05) is 0 Å². The van der Waals surface area contributed by atoms with Crippen LogP contribution >= 0.6 is 15.9 Å². The van der Waals surface area contributed by atoms with Crippen LogP contribution in [0, 0.1) is 0 Å². The van der Waals surface area contributed by atoms with E-state index in [0.717, 1.165) is 33.8 Å². The summed E-state index contributed by atoms with van der Waals surface area (Å²) < 4.78 is 0. The van der Waals surface area contributed by atoms with Gasteiger partial charge in [0.1, 0.15) is 0 Å². The minimum absolute atomic E-state index is 0.0884. The van der Waals surface area contributed by atoms with Crippen molar-refractivity contribution >= 4 is 15.9 Å². The molecule has 4 unspecified atom stereocenters. The van der Waals surface area contributed by atoms with Gasteiger partial charge in [-0.3, -0.25) is 0 Å². The van der Waals surface area contributed by atoms with E-state index in [2.05, 4.69) is 201 Å². The van der Waals surface area contributed by atoms with Crippen LogP contribution < -0.4 is 0 Å². The molecule has 4 atom stereocenters. The first kappa shape index (κ1) is 45.9. The predicted molar refractivity (Wildman–Crippen MR) is 268 cm³/mol. The second kappa shape index (κ2) is 18.7. The maximum absolute atomic E-state index is 12.8. The van der Waals surface area contributed by atoms with Gasteiger partial charge in [-0.25, -0.2) is 0 Å². The Kier molecular flexibility index (Phi) is 13.6. The van der Waals surface area contributed by atoms with Gasteiger partial charge in [-0.2, -0.15) is 0 Å². The van der Waals surface area contributed by atoms with Crippen LogP contribution in [0.15, 0.2) is 146 Å². The summed E-state index contributed by atoms with van der Waals surface area (Å²) in [6.07, 6.45) is 7.83. The second-order valence-corrected chi connectivity index (χ2v) is 32.0. The van der Waals surface area contributed by atoms with Crippen molar-refractivity contribution in [2.45, 2.75) is 138 Å². The topological polar surface area (TPSA) is 40.5 Å². The summed E-state index contributed by atoms with van der Waals surface area (Å²) in [5.41, 5.74) is 10.4. The number of benzene rings is 6. The monoisotopic (exact) mass is 908 g/mol. The molecule has 6 aromatic rings. The van der Waals surface area contributed by atoms with Gasteiger partial charge in [-0.1, -0.05) is 0 Å². The third-order valence-corrected chi connectivity index (χ3v) is 30.2. The molecule has 0 saturated heterocycles. The molecule has 0 aromatic heterocycles. The molecule has 328 valence electrons. The maximum atomic E-state index is 12.8. The number of hydrogen-bond donors (Lipinski definition) is 2. The minimum atomic E-state index is -0.536. The molecule has 0 spiro atoms. The molecular weight excluding hydrogens is 841 g/mol. The molecule has 1 heterocycles. The Hall–Kier alpha value is -3.67. The number of hydrogen-bond acceptors (Lipinski definition) is 2. The second-order valence-electron chi connectivity index (χ2n) is 20.6. The molecule has 63 heavy (non-hydrogen) atoms. The standard InChI is InChI=1S/C58H68O2S2.Ti/c1-55(2,3)47-35-41(53(59)49(37-47)57(7,43-25-15-11-16-26-43)44-27-17-12-18-28-44)39-61-51-33-23-9-10-24-34-52(51)62-40-42-36-48(56(4,5)6)38-50(54(42)60)58(8,45-29-19-13-20-30-45)46-31-21-14-22-32-46;/h11-22,25-32,35-38,51-52,59-60H,9-10,23-24,33-34,39-40H2,1-8H3;. The zero-order valence-electron chi connectivity index (χ0n) is 38.9. The van der Waals surface area contributed by atoms with Crippen molar-refractivity contribution < 1.29 is 25.7 Å². The Balaban J connectivity index is 1.29. The number of phenols is 2. The van der Waals surface area contributed by atoms with Gasteiger partial charge in [0.05, 0.1) is 0 Å². The van der Waals surface area contributed by atoms with Crippen LogP contribution in [0.1, 0.15) is 150 Å². The van der Waals surface area contributed by atoms with Crippen molar-refractivity contribution in [1.82, 2.24) is 0 Å². The summed E-state index contributed by atoms with van der Waals surface area (Å²) in [7, 11) is 0.396. The quantitative estimate of drug-likeness (QED) is 0.106. The summed E-state index contributed by atoms with van der Waals surface area (Å²) in [5, 5.41) is 27.0. The van der Waals surface area contributed by atoms with Crippen LogP contribution in [0.4, 0.5) is 0 Å². The first-order valence-corrected chi connectivity index (χ1v) is 30.0. The van der Waals surface area contributed by atoms with E-state index in [0.29, 0.717) is 22.0 Å². The Morgan fingerprint density at radius 1 is 0.429 bits per heavy atom. The SMILES string of the molecule is CC(C)(C)c1cc(C[S]2=[Ti]=[S](Cc3cc(C(C)(C)C)cc(C(C)(c4ccccc4)c4ccccc4)c3O)C3CCCCCCC32)c(O)c(C(C)(c2ccccc2)c2ccccc2)c1. The van der Waals surface area contributed by atoms with Gasteiger partial charge in [0.25, 0.3) is 0 Å². The fourth-order valence-corrected chi connectivity index (χ4v) is 31.0. The van der Waals surface area contributed by atoms with Gasteiger partial charge in [0.2, 0.25) is 0 Å². The molecule has 8 rings (SSSR count). The van der Waals surface area contributed by atoms with E-state index >= 15 is 0 Å². The molecule has 6 aromatic carbocycles. The van der Waals surface area contributed by atoms with Gasteiger partial charge in [-0.05, 0) is 0 Å². The molecule has 2 N–H and O–H groups in total. The van der Waals surface area contributed by atoms with Gasteiger partial charge >= 0.3 is 392 Å². The average Bonchev–Trinajstić information content (AvgIpc) is 3.57. The van der Waals surface area contributed by atoms with Crippen molar-refractivity contribution in [2.24, 2.45) is 0 Å². The molecule has 1 saturated carbocycles. The normalized spacial score (nSPS) is 19.6. The first-order chi connectivity index (χ1) is 30.1. The van der Waals surface area contributed by atoms with Crippen molar-refractivity contribution in [1.29, 1.82) is 0 Å². The number of phenolic OH excluding ortho intramolecular Hbond substituents is 2. The molecular formula is C58H68O2S2Ti. The molecule has 0 amide bonds. The van der Waals surface area contributed by atoms with Gasteiger partial charge in [-0.15, -0.1) is 0 Å². The fourth-order valence-electron chi connectivity index (χ4n) is 10.2. The molecule has 5 heteroatoms. The summed E-state index contributed by atoms with van der Waals surface area (Å²) >= 11 is -0.435. The number of aromatic hydroxyl groups is 2. The van der Waals surface area contributed by atoms with E-state index in [1.54, 1.807) is 0 Å². The van der Waals surface area contributed by atoms with Crippen LogP contribution in [0.25, 0.3) is 0 Å². The summed E-state index contributed by atoms with van der Waals surface area (Å²) in [6, 6.07) is 52.6. The molecule has 0 radical (unpaired) electrons. The average molecular weight is 909 g/mol. The fraction of sp³-hybridized carbons (Fsp3) is 0.379. The molecule has 1 fully saturated rings. The van der Waals surface area contributed by atoms with Crippen LogP contribution in [0.3, 0.4) is 0 Å². The third-order valence-electron chi connectivity index (χ3n) is 14.3. The summed E-state index contributed by atoms with van der Waals surface area (Å²) in [4.78, 5) is 0. The van der Waals surface area contributed by atoms with Gasteiger partial charge in [0.15, 0.2) is 0 Å². The third kappa shape index (κ3) is 9.27. The zero-order valence-corrected chi connectivity index (χ0v) is 42.1. The Morgan fingerprint density at radius 2 is 0.730 bits per heavy atom. The van der Waals surface area contributed by atoms with E-state index < -0.39 is 26.3 Å². The van der Waals surface area contributed by atoms with Crippen LogP contribution in [-0.2, 0) is 48.6 Å². The molecule has 0 bridgehead atoms. The van der Waals surface area contributed by atoms with Crippen molar-refractivity contribution in [3.63, 3.8) is 0 Å². The number of fused-ring (bicyclic) bond motifs is 1.